The van der Waals surface area contributed by atoms with Crippen molar-refractivity contribution >= 4 is 11.7 Å². The van der Waals surface area contributed by atoms with E-state index in [0.29, 0.717) is 26.2 Å². The smallest absolute Gasteiger partial charge is 0.306 e. The Morgan fingerprint density at radius 3 is 2.71 bits per heavy atom. The number of carbonyl (C=O) groups is 1. The summed E-state index contributed by atoms with van der Waals surface area (Å²) in [5.74, 6) is -0.131. The van der Waals surface area contributed by atoms with E-state index in [1.54, 1.807) is 6.07 Å². The van der Waals surface area contributed by atoms with Gasteiger partial charge in [-0.1, -0.05) is 18.2 Å². The largest absolute Gasteiger partial charge is 0.489 e. The Morgan fingerprint density at radius 1 is 1.18 bits per heavy atom. The van der Waals surface area contributed by atoms with Crippen LogP contribution in [0.1, 0.15) is 37.7 Å². The molecule has 2 aliphatic rings. The quantitative estimate of drug-likeness (QED) is 0.190. The van der Waals surface area contributed by atoms with Crippen LogP contribution >= 0.6 is 0 Å². The third kappa shape index (κ3) is 7.55. The molecule has 0 amide bonds. The van der Waals surface area contributed by atoms with Gasteiger partial charge in [0.2, 0.25) is 0 Å². The Bertz CT molecular complexity index is 1070. The second kappa shape index (κ2) is 13.4. The van der Waals surface area contributed by atoms with Gasteiger partial charge in [-0.15, -0.1) is 10.1 Å². The zero-order valence-corrected chi connectivity index (χ0v) is 21.4. The van der Waals surface area contributed by atoms with Crippen LogP contribution in [-0.4, -0.2) is 68.8 Å². The van der Waals surface area contributed by atoms with Crippen molar-refractivity contribution in [1.29, 1.82) is 0 Å². The number of piperidine rings is 1. The summed E-state index contributed by atoms with van der Waals surface area (Å²) < 4.78 is 31.6. The van der Waals surface area contributed by atoms with Crippen molar-refractivity contribution < 1.29 is 33.3 Å². The highest BCUT2D eigenvalue weighted by atomic mass is 19.1. The van der Waals surface area contributed by atoms with Gasteiger partial charge in [0.15, 0.2) is 0 Å². The van der Waals surface area contributed by atoms with Crippen LogP contribution in [-0.2, 0) is 19.1 Å². The molecule has 2 heterocycles. The number of benzene rings is 2. The van der Waals surface area contributed by atoms with Gasteiger partial charge in [0.05, 0.1) is 19.3 Å². The third-order valence-corrected chi connectivity index (χ3v) is 6.76. The molecule has 2 aromatic carbocycles. The van der Waals surface area contributed by atoms with Crippen LogP contribution in [0.3, 0.4) is 0 Å². The van der Waals surface area contributed by atoms with E-state index in [1.165, 1.54) is 12.1 Å². The van der Waals surface area contributed by atoms with E-state index in [2.05, 4.69) is 15.1 Å². The van der Waals surface area contributed by atoms with Gasteiger partial charge in [-0.25, -0.2) is 4.39 Å². The van der Waals surface area contributed by atoms with E-state index in [-0.39, 0.29) is 43.4 Å². The molecule has 0 spiro atoms. The lowest BCUT2D eigenvalue weighted by Crippen LogP contribution is -2.51. The summed E-state index contributed by atoms with van der Waals surface area (Å²) in [5.41, 5.74) is 1.82. The van der Waals surface area contributed by atoms with Crippen LogP contribution in [0, 0.1) is 15.9 Å². The number of halogens is 1. The molecule has 2 aromatic rings. The SMILES string of the molecule is CCOC1CNCC(OC(=O)CCCO[N+](=O)[O-])C1c1ccc(OC2CCN(c3cccc(F)c3)C2)cc1. The summed E-state index contributed by atoms with van der Waals surface area (Å²) in [6, 6.07) is 14.4. The number of nitrogens with zero attached hydrogens (tertiary/aromatic N) is 2. The molecule has 1 N–H and O–H groups in total. The summed E-state index contributed by atoms with van der Waals surface area (Å²) in [5, 5.41) is 12.7. The van der Waals surface area contributed by atoms with Gasteiger partial charge in [-0.3, -0.25) is 4.79 Å². The number of hydrogen-bond acceptors (Lipinski definition) is 9. The van der Waals surface area contributed by atoms with Crippen molar-refractivity contribution in [3.05, 3.63) is 70.0 Å². The van der Waals surface area contributed by atoms with Crippen LogP contribution < -0.4 is 15.0 Å². The number of rotatable bonds is 12. The zero-order chi connectivity index (χ0) is 26.9. The standard InChI is InChI=1S/C27H34FN3O7/c1-2-35-24-16-29-17-25(38-26(32)7-4-14-36-31(33)34)27(24)19-8-10-22(11-9-19)37-23-12-13-30(18-23)21-6-3-5-20(28)15-21/h3,5-6,8-11,15,23-25,27,29H,2,4,7,12-14,16-18H2,1H3. The molecule has 10 nitrogen and oxygen atoms in total. The van der Waals surface area contributed by atoms with Crippen molar-refractivity contribution in [2.24, 2.45) is 0 Å². The molecule has 206 valence electrons. The minimum atomic E-state index is -0.875. The van der Waals surface area contributed by atoms with Crippen molar-refractivity contribution in [2.75, 3.05) is 44.3 Å². The molecule has 4 unspecified atom stereocenters. The number of hydrogen-bond donors (Lipinski definition) is 1. The number of ether oxygens (including phenoxy) is 3. The summed E-state index contributed by atoms with van der Waals surface area (Å²) >= 11 is 0. The minimum absolute atomic E-state index is 0.00726. The molecule has 0 saturated carbocycles. The molecular weight excluding hydrogens is 497 g/mol. The van der Waals surface area contributed by atoms with Gasteiger partial charge < -0.3 is 29.3 Å². The predicted molar refractivity (Wildman–Crippen MR) is 137 cm³/mol. The van der Waals surface area contributed by atoms with Crippen LogP contribution in [0.15, 0.2) is 48.5 Å². The van der Waals surface area contributed by atoms with Gasteiger partial charge in [0.1, 0.15) is 23.8 Å². The summed E-state index contributed by atoms with van der Waals surface area (Å²) in [6.07, 6.45) is 0.410. The van der Waals surface area contributed by atoms with Crippen molar-refractivity contribution in [1.82, 2.24) is 5.32 Å². The Kier molecular flexibility index (Phi) is 9.72. The van der Waals surface area contributed by atoms with E-state index in [1.807, 2.05) is 37.3 Å². The first kappa shape index (κ1) is 27.6. The van der Waals surface area contributed by atoms with Crippen LogP contribution in [0.2, 0.25) is 0 Å². The molecule has 0 aromatic heterocycles. The molecule has 0 aliphatic carbocycles. The lowest BCUT2D eigenvalue weighted by molar-refractivity contribution is -0.757. The molecule has 2 saturated heterocycles. The highest BCUT2D eigenvalue weighted by Crippen LogP contribution is 2.32. The van der Waals surface area contributed by atoms with Crippen LogP contribution in [0.4, 0.5) is 10.1 Å². The van der Waals surface area contributed by atoms with Gasteiger partial charge in [-0.2, -0.15) is 0 Å². The normalized spacial score (nSPS) is 23.2. The minimum Gasteiger partial charge on any atom is -0.489 e. The fourth-order valence-electron chi connectivity index (χ4n) is 5.06. The first-order chi connectivity index (χ1) is 18.4. The first-order valence-electron chi connectivity index (χ1n) is 13.0. The monoisotopic (exact) mass is 531 g/mol. The average molecular weight is 532 g/mol. The number of anilines is 1. The maximum atomic E-state index is 13.6. The van der Waals surface area contributed by atoms with Gasteiger partial charge in [-0.05, 0) is 49.2 Å². The number of carbonyl (C=O) groups excluding carboxylic acids is 1. The Balaban J connectivity index is 1.37. The second-order valence-corrected chi connectivity index (χ2v) is 9.39. The summed E-state index contributed by atoms with van der Waals surface area (Å²) in [4.78, 5) is 29.1. The summed E-state index contributed by atoms with van der Waals surface area (Å²) in [7, 11) is 0. The molecule has 4 atom stereocenters. The highest BCUT2D eigenvalue weighted by Gasteiger charge is 2.37. The van der Waals surface area contributed by atoms with Gasteiger partial charge >= 0.3 is 5.97 Å². The van der Waals surface area contributed by atoms with Crippen molar-refractivity contribution in [2.45, 2.75) is 50.4 Å². The molecule has 2 aliphatic heterocycles. The molecule has 0 radical (unpaired) electrons. The molecule has 38 heavy (non-hydrogen) atoms. The third-order valence-electron chi connectivity index (χ3n) is 6.76. The van der Waals surface area contributed by atoms with Gasteiger partial charge in [0, 0.05) is 50.7 Å². The molecule has 11 heteroatoms. The number of nitrogens with one attached hydrogen (secondary N) is 1. The lowest BCUT2D eigenvalue weighted by atomic mass is 9.85. The van der Waals surface area contributed by atoms with Crippen LogP contribution in [0.25, 0.3) is 0 Å². The fraction of sp³-hybridized carbons (Fsp3) is 0.519. The van der Waals surface area contributed by atoms with Gasteiger partial charge in [0.25, 0.3) is 5.09 Å². The number of esters is 1. The lowest BCUT2D eigenvalue weighted by Gasteiger charge is -2.38. The fourth-order valence-corrected chi connectivity index (χ4v) is 5.06. The maximum absolute atomic E-state index is 13.6. The van der Waals surface area contributed by atoms with E-state index in [9.17, 15) is 19.3 Å². The molecule has 4 rings (SSSR count). The molecule has 2 fully saturated rings. The zero-order valence-electron chi connectivity index (χ0n) is 21.4. The Morgan fingerprint density at radius 2 is 1.97 bits per heavy atom. The van der Waals surface area contributed by atoms with E-state index >= 15 is 0 Å². The van der Waals surface area contributed by atoms with Crippen LogP contribution in [0.5, 0.6) is 5.75 Å². The Hall–Kier alpha value is -3.44. The second-order valence-electron chi connectivity index (χ2n) is 9.39. The topological polar surface area (TPSA) is 112 Å². The predicted octanol–water partition coefficient (Wildman–Crippen LogP) is 3.48. The maximum Gasteiger partial charge on any atom is 0.306 e. The summed E-state index contributed by atoms with van der Waals surface area (Å²) in [6.45, 7) is 4.86. The van der Waals surface area contributed by atoms with Crippen molar-refractivity contribution in [3.63, 3.8) is 0 Å². The first-order valence-corrected chi connectivity index (χ1v) is 13.0. The molecular formula is C27H34FN3O7. The van der Waals surface area contributed by atoms with E-state index < -0.39 is 17.2 Å². The highest BCUT2D eigenvalue weighted by molar-refractivity contribution is 5.69. The Labute approximate surface area is 221 Å². The molecule has 0 bridgehead atoms. The van der Waals surface area contributed by atoms with E-state index in [0.717, 1.165) is 30.0 Å². The van der Waals surface area contributed by atoms with E-state index in [4.69, 9.17) is 14.2 Å². The average Bonchev–Trinajstić information content (AvgIpc) is 3.36. The van der Waals surface area contributed by atoms with Crippen molar-refractivity contribution in [3.8, 4) is 5.75 Å².